The minimum absolute atomic E-state index is 0.0550. The average molecular weight is 152 g/mol. The van der Waals surface area contributed by atoms with E-state index >= 15 is 0 Å². The molecule has 0 aromatic heterocycles. The van der Waals surface area contributed by atoms with Crippen molar-refractivity contribution in [2.75, 3.05) is 7.11 Å². The fourth-order valence-electron chi connectivity index (χ4n) is 2.32. The molecule has 0 saturated heterocycles. The minimum Gasteiger partial charge on any atom is -0.469 e. The lowest BCUT2D eigenvalue weighted by molar-refractivity contribution is -0.147. The zero-order valence-electron chi connectivity index (χ0n) is 7.05. The quantitative estimate of drug-likeness (QED) is 0.419. The summed E-state index contributed by atoms with van der Waals surface area (Å²) in [6.07, 6.45) is 2.17. The Bertz CT molecular complexity index is 254. The number of carbonyl (C=O) groups excluding carboxylic acids is 1. The summed E-state index contributed by atoms with van der Waals surface area (Å²) in [5.41, 5.74) is 1.15. The van der Waals surface area contributed by atoms with Crippen LogP contribution in [0.3, 0.4) is 0 Å². The first-order valence-corrected chi connectivity index (χ1v) is 3.89. The highest BCUT2D eigenvalue weighted by Gasteiger charge is 2.70. The number of ether oxygens (including phenoxy) is 1. The number of rotatable bonds is 1. The maximum atomic E-state index is 11.2. The monoisotopic (exact) mass is 152 g/mol. The molecule has 60 valence electrons. The largest absolute Gasteiger partial charge is 0.469 e. The molecule has 1 fully saturated rings. The van der Waals surface area contributed by atoms with Gasteiger partial charge in [0.1, 0.15) is 0 Å². The molecule has 0 aromatic rings. The summed E-state index contributed by atoms with van der Waals surface area (Å²) in [4.78, 5) is 11.2. The van der Waals surface area contributed by atoms with Gasteiger partial charge >= 0.3 is 5.97 Å². The fraction of sp³-hybridized carbons (Fsp3) is 0.667. The molecule has 1 saturated carbocycles. The summed E-state index contributed by atoms with van der Waals surface area (Å²) in [6.45, 7) is 4.07. The Labute approximate surface area is 66.2 Å². The maximum absolute atomic E-state index is 11.2. The molecule has 11 heavy (non-hydrogen) atoms. The van der Waals surface area contributed by atoms with Crippen molar-refractivity contribution in [2.24, 2.45) is 17.3 Å². The smallest absolute Gasteiger partial charge is 0.312 e. The van der Waals surface area contributed by atoms with Crippen molar-refractivity contribution in [3.63, 3.8) is 0 Å². The van der Waals surface area contributed by atoms with Crippen LogP contribution in [0.15, 0.2) is 11.6 Å². The van der Waals surface area contributed by atoms with Gasteiger partial charge in [-0.25, -0.2) is 0 Å². The molecule has 2 aliphatic rings. The molecule has 0 spiro atoms. The molecule has 0 N–H and O–H groups in total. The molecule has 0 radical (unpaired) electrons. The minimum atomic E-state index is -0.196. The molecule has 0 aliphatic heterocycles. The Kier molecular flexibility index (Phi) is 1.05. The molecule has 2 rings (SSSR count). The Morgan fingerprint density at radius 3 is 2.64 bits per heavy atom. The normalized spacial score (nSPS) is 45.2. The number of carbonyl (C=O) groups is 1. The number of allylic oxidation sites excluding steroid dienone is 2. The number of methoxy groups -OCH3 is 1. The SMILES string of the molecule is COC(=O)C1(C)C2C=C(C)C21. The van der Waals surface area contributed by atoms with E-state index in [4.69, 9.17) is 4.74 Å². The van der Waals surface area contributed by atoms with Gasteiger partial charge in [-0.1, -0.05) is 11.6 Å². The van der Waals surface area contributed by atoms with Crippen LogP contribution in [0.1, 0.15) is 13.8 Å². The molecule has 3 unspecified atom stereocenters. The number of fused-ring (bicyclic) bond motifs is 1. The van der Waals surface area contributed by atoms with E-state index in [1.165, 1.54) is 12.7 Å². The lowest BCUT2D eigenvalue weighted by Crippen LogP contribution is -2.16. The molecule has 0 amide bonds. The zero-order chi connectivity index (χ0) is 8.22. The van der Waals surface area contributed by atoms with Gasteiger partial charge in [-0.2, -0.15) is 0 Å². The Morgan fingerprint density at radius 2 is 2.36 bits per heavy atom. The summed E-state index contributed by atoms with van der Waals surface area (Å²) in [6, 6.07) is 0. The summed E-state index contributed by atoms with van der Waals surface area (Å²) in [7, 11) is 1.46. The molecule has 0 aromatic carbocycles. The van der Waals surface area contributed by atoms with E-state index in [0.717, 1.165) is 0 Å². The molecule has 0 heterocycles. The second-order valence-electron chi connectivity index (χ2n) is 3.69. The second kappa shape index (κ2) is 1.68. The van der Waals surface area contributed by atoms with Gasteiger partial charge in [-0.3, -0.25) is 4.79 Å². The molecule has 0 bridgehead atoms. The van der Waals surface area contributed by atoms with E-state index in [1.807, 2.05) is 6.92 Å². The summed E-state index contributed by atoms with van der Waals surface area (Å²) >= 11 is 0. The van der Waals surface area contributed by atoms with Crippen LogP contribution in [0.5, 0.6) is 0 Å². The van der Waals surface area contributed by atoms with Gasteiger partial charge in [0.25, 0.3) is 0 Å². The van der Waals surface area contributed by atoms with E-state index in [0.29, 0.717) is 11.8 Å². The van der Waals surface area contributed by atoms with E-state index in [-0.39, 0.29) is 11.4 Å². The van der Waals surface area contributed by atoms with Crippen molar-refractivity contribution in [3.05, 3.63) is 11.6 Å². The summed E-state index contributed by atoms with van der Waals surface area (Å²) < 4.78 is 4.73. The van der Waals surface area contributed by atoms with Gasteiger partial charge in [0.15, 0.2) is 0 Å². The maximum Gasteiger partial charge on any atom is 0.312 e. The van der Waals surface area contributed by atoms with Gasteiger partial charge in [0, 0.05) is 11.8 Å². The first-order valence-electron chi connectivity index (χ1n) is 3.89. The van der Waals surface area contributed by atoms with E-state index in [1.54, 1.807) is 0 Å². The van der Waals surface area contributed by atoms with Crippen molar-refractivity contribution in [1.82, 2.24) is 0 Å². The predicted molar refractivity (Wildman–Crippen MR) is 40.9 cm³/mol. The second-order valence-corrected chi connectivity index (χ2v) is 3.69. The number of hydrogen-bond donors (Lipinski definition) is 0. The number of hydrogen-bond acceptors (Lipinski definition) is 2. The highest BCUT2D eigenvalue weighted by atomic mass is 16.5. The van der Waals surface area contributed by atoms with Crippen LogP contribution >= 0.6 is 0 Å². The van der Waals surface area contributed by atoms with Crippen LogP contribution in [0.25, 0.3) is 0 Å². The standard InChI is InChI=1S/C9H12O2/c1-5-4-6-7(5)9(6,2)8(10)11-3/h4,6-7H,1-3H3. The van der Waals surface area contributed by atoms with Gasteiger partial charge in [0.05, 0.1) is 12.5 Å². The molecule has 2 heteroatoms. The van der Waals surface area contributed by atoms with Crippen molar-refractivity contribution in [2.45, 2.75) is 13.8 Å². The highest BCUT2D eigenvalue weighted by molar-refractivity contribution is 5.84. The van der Waals surface area contributed by atoms with Gasteiger partial charge in [0.2, 0.25) is 0 Å². The van der Waals surface area contributed by atoms with Crippen molar-refractivity contribution < 1.29 is 9.53 Å². The number of esters is 1. The zero-order valence-corrected chi connectivity index (χ0v) is 7.05. The Hall–Kier alpha value is -0.790. The predicted octanol–water partition coefficient (Wildman–Crippen LogP) is 1.37. The van der Waals surface area contributed by atoms with Gasteiger partial charge in [-0.15, -0.1) is 0 Å². The molecular weight excluding hydrogens is 140 g/mol. The van der Waals surface area contributed by atoms with E-state index < -0.39 is 0 Å². The summed E-state index contributed by atoms with van der Waals surface area (Å²) in [5.74, 6) is 0.922. The third-order valence-corrected chi connectivity index (χ3v) is 3.15. The van der Waals surface area contributed by atoms with E-state index in [9.17, 15) is 4.79 Å². The summed E-state index contributed by atoms with van der Waals surface area (Å²) in [5, 5.41) is 0. The Morgan fingerprint density at radius 1 is 1.73 bits per heavy atom. The van der Waals surface area contributed by atoms with Crippen molar-refractivity contribution >= 4 is 5.97 Å². The van der Waals surface area contributed by atoms with Gasteiger partial charge < -0.3 is 4.74 Å². The van der Waals surface area contributed by atoms with Crippen molar-refractivity contribution in [1.29, 1.82) is 0 Å². The van der Waals surface area contributed by atoms with Crippen LogP contribution < -0.4 is 0 Å². The van der Waals surface area contributed by atoms with Crippen LogP contribution in [0, 0.1) is 17.3 Å². The van der Waals surface area contributed by atoms with E-state index in [2.05, 4.69) is 13.0 Å². The molecular formula is C9H12O2. The van der Waals surface area contributed by atoms with Crippen LogP contribution in [-0.4, -0.2) is 13.1 Å². The van der Waals surface area contributed by atoms with Crippen LogP contribution in [0.2, 0.25) is 0 Å². The van der Waals surface area contributed by atoms with Crippen LogP contribution in [-0.2, 0) is 9.53 Å². The lowest BCUT2D eigenvalue weighted by Gasteiger charge is -2.06. The first kappa shape index (κ1) is 6.89. The highest BCUT2D eigenvalue weighted by Crippen LogP contribution is 2.69. The van der Waals surface area contributed by atoms with Crippen molar-refractivity contribution in [3.8, 4) is 0 Å². The molecule has 2 aliphatic carbocycles. The first-order chi connectivity index (χ1) is 5.12. The van der Waals surface area contributed by atoms with Gasteiger partial charge in [-0.05, 0) is 13.8 Å². The van der Waals surface area contributed by atoms with Crippen LogP contribution in [0.4, 0.5) is 0 Å². The molecule has 3 atom stereocenters. The lowest BCUT2D eigenvalue weighted by atomic mass is 10.0. The fourth-order valence-corrected chi connectivity index (χ4v) is 2.32. The molecule has 2 nitrogen and oxygen atoms in total. The third-order valence-electron chi connectivity index (χ3n) is 3.15. The average Bonchev–Trinajstić information content (AvgIpc) is 2.47. The topological polar surface area (TPSA) is 26.3 Å². The Balaban J connectivity index is 2.15. The third kappa shape index (κ3) is 0.561.